The number of nitrogens with one attached hydrogen (secondary N) is 3. The van der Waals surface area contributed by atoms with Gasteiger partial charge in [-0.15, -0.1) is 0 Å². The second-order valence-electron chi connectivity index (χ2n) is 7.48. The number of aryl methyl sites for hydroxylation is 1. The molecular weight excluding hydrogens is 456 g/mol. The van der Waals surface area contributed by atoms with Crippen molar-refractivity contribution < 1.29 is 22.4 Å². The van der Waals surface area contributed by atoms with Crippen LogP contribution in [0.3, 0.4) is 0 Å². The molecular formula is C24H28N4O5S. The Morgan fingerprint density at radius 1 is 0.941 bits per heavy atom. The minimum absolute atomic E-state index is 0.0760. The van der Waals surface area contributed by atoms with E-state index in [1.54, 1.807) is 63.2 Å². The summed E-state index contributed by atoms with van der Waals surface area (Å²) in [6, 6.07) is 14.2. The molecule has 3 rings (SSSR count). The van der Waals surface area contributed by atoms with E-state index in [-0.39, 0.29) is 17.0 Å². The predicted octanol–water partition coefficient (Wildman–Crippen LogP) is 4.19. The first-order valence-electron chi connectivity index (χ1n) is 10.8. The highest BCUT2D eigenvalue weighted by Crippen LogP contribution is 2.21. The standard InChI is InChI=1S/C24H28N4O5S/c1-4-28(5-2)34(31,32)21-13-8-17(3)22(15-21)23(29)26-18-9-11-19(12-10-18)27-24(30)25-16-20-7-6-14-33-20/h6-15H,4-5,16H2,1-3H3,(H,26,29)(H2,25,27,30). The second-order valence-corrected chi connectivity index (χ2v) is 9.42. The third kappa shape index (κ3) is 6.03. The number of carbonyl (C=O) groups excluding carboxylic acids is 2. The molecule has 3 aromatic rings. The number of rotatable bonds is 9. The van der Waals surface area contributed by atoms with Gasteiger partial charge in [0.15, 0.2) is 0 Å². The topological polar surface area (TPSA) is 121 Å². The molecule has 0 saturated carbocycles. The number of carbonyl (C=O) groups is 2. The molecule has 0 saturated heterocycles. The van der Waals surface area contributed by atoms with E-state index in [0.29, 0.717) is 35.8 Å². The van der Waals surface area contributed by atoms with Gasteiger partial charge in [0.05, 0.1) is 17.7 Å². The van der Waals surface area contributed by atoms with E-state index in [9.17, 15) is 18.0 Å². The molecule has 10 heteroatoms. The van der Waals surface area contributed by atoms with E-state index in [4.69, 9.17) is 4.42 Å². The van der Waals surface area contributed by atoms with Gasteiger partial charge in [-0.1, -0.05) is 19.9 Å². The normalized spacial score (nSPS) is 11.3. The molecule has 0 bridgehead atoms. The first-order chi connectivity index (χ1) is 16.2. The van der Waals surface area contributed by atoms with Gasteiger partial charge in [-0.05, 0) is 61.0 Å². The molecule has 3 amide bonds. The lowest BCUT2D eigenvalue weighted by molar-refractivity contribution is 0.102. The number of urea groups is 1. The zero-order valence-electron chi connectivity index (χ0n) is 19.3. The van der Waals surface area contributed by atoms with Crippen LogP contribution in [0.5, 0.6) is 0 Å². The largest absolute Gasteiger partial charge is 0.467 e. The Morgan fingerprint density at radius 3 is 2.18 bits per heavy atom. The van der Waals surface area contributed by atoms with E-state index in [1.807, 2.05) is 0 Å². The number of hydrogen-bond acceptors (Lipinski definition) is 5. The lowest BCUT2D eigenvalue weighted by Gasteiger charge is -2.19. The summed E-state index contributed by atoms with van der Waals surface area (Å²) in [7, 11) is -3.68. The fourth-order valence-corrected chi connectivity index (χ4v) is 4.79. The number of anilines is 2. The minimum atomic E-state index is -3.68. The van der Waals surface area contributed by atoms with E-state index in [2.05, 4.69) is 16.0 Å². The van der Waals surface area contributed by atoms with Gasteiger partial charge in [0.25, 0.3) is 5.91 Å². The van der Waals surface area contributed by atoms with Crippen molar-refractivity contribution in [2.45, 2.75) is 32.2 Å². The van der Waals surface area contributed by atoms with Crippen LogP contribution in [0.1, 0.15) is 35.5 Å². The highest BCUT2D eigenvalue weighted by molar-refractivity contribution is 7.89. The molecule has 1 heterocycles. The van der Waals surface area contributed by atoms with Crippen LogP contribution < -0.4 is 16.0 Å². The molecule has 0 aliphatic heterocycles. The van der Waals surface area contributed by atoms with Crippen molar-refractivity contribution in [1.82, 2.24) is 9.62 Å². The average Bonchev–Trinajstić information content (AvgIpc) is 3.33. The van der Waals surface area contributed by atoms with Crippen molar-refractivity contribution in [3.8, 4) is 0 Å². The lowest BCUT2D eigenvalue weighted by Crippen LogP contribution is -2.30. The van der Waals surface area contributed by atoms with E-state index in [1.165, 1.54) is 22.7 Å². The molecule has 2 aromatic carbocycles. The molecule has 9 nitrogen and oxygen atoms in total. The number of nitrogens with zero attached hydrogens (tertiary/aromatic N) is 1. The highest BCUT2D eigenvalue weighted by atomic mass is 32.2. The van der Waals surface area contributed by atoms with E-state index < -0.39 is 22.0 Å². The van der Waals surface area contributed by atoms with Gasteiger partial charge in [-0.3, -0.25) is 4.79 Å². The molecule has 1 aromatic heterocycles. The van der Waals surface area contributed by atoms with Gasteiger partial charge in [-0.25, -0.2) is 13.2 Å². The third-order valence-electron chi connectivity index (χ3n) is 5.20. The van der Waals surface area contributed by atoms with E-state index in [0.717, 1.165) is 0 Å². The summed E-state index contributed by atoms with van der Waals surface area (Å²) in [4.78, 5) is 25.0. The maximum atomic E-state index is 12.9. The van der Waals surface area contributed by atoms with Crippen molar-refractivity contribution in [3.05, 3.63) is 77.7 Å². The second kappa shape index (κ2) is 11.0. The van der Waals surface area contributed by atoms with Crippen LogP contribution in [0.15, 0.2) is 70.2 Å². The summed E-state index contributed by atoms with van der Waals surface area (Å²) < 4.78 is 32.2. The summed E-state index contributed by atoms with van der Waals surface area (Å²) in [6.45, 7) is 6.23. The molecule has 3 N–H and O–H groups in total. The minimum Gasteiger partial charge on any atom is -0.467 e. The van der Waals surface area contributed by atoms with Crippen molar-refractivity contribution in [3.63, 3.8) is 0 Å². The Kier molecular flexibility index (Phi) is 8.08. The molecule has 0 unspecified atom stereocenters. The number of sulfonamides is 1. The lowest BCUT2D eigenvalue weighted by atomic mass is 10.1. The van der Waals surface area contributed by atoms with Gasteiger partial charge >= 0.3 is 6.03 Å². The third-order valence-corrected chi connectivity index (χ3v) is 7.25. The van der Waals surface area contributed by atoms with Crippen LogP contribution in [0.2, 0.25) is 0 Å². The van der Waals surface area contributed by atoms with Gasteiger partial charge in [0.1, 0.15) is 5.76 Å². The van der Waals surface area contributed by atoms with Gasteiger partial charge in [0.2, 0.25) is 10.0 Å². The summed E-state index contributed by atoms with van der Waals surface area (Å²) in [6.07, 6.45) is 1.53. The predicted molar refractivity (Wildman–Crippen MR) is 130 cm³/mol. The van der Waals surface area contributed by atoms with Crippen molar-refractivity contribution >= 4 is 33.3 Å². The number of amides is 3. The molecule has 34 heavy (non-hydrogen) atoms. The zero-order valence-corrected chi connectivity index (χ0v) is 20.1. The monoisotopic (exact) mass is 484 g/mol. The summed E-state index contributed by atoms with van der Waals surface area (Å²) in [5.41, 5.74) is 1.97. The van der Waals surface area contributed by atoms with Gasteiger partial charge in [0, 0.05) is 30.0 Å². The van der Waals surface area contributed by atoms with Crippen LogP contribution in [0.25, 0.3) is 0 Å². The van der Waals surface area contributed by atoms with E-state index >= 15 is 0 Å². The fourth-order valence-electron chi connectivity index (χ4n) is 3.31. The quantitative estimate of drug-likeness (QED) is 0.420. The first kappa shape index (κ1) is 25.0. The highest BCUT2D eigenvalue weighted by Gasteiger charge is 2.23. The molecule has 0 aliphatic rings. The maximum absolute atomic E-state index is 12.9. The Hall–Kier alpha value is -3.63. The Labute approximate surface area is 199 Å². The van der Waals surface area contributed by atoms with Crippen LogP contribution in [-0.2, 0) is 16.6 Å². The SMILES string of the molecule is CCN(CC)S(=O)(=O)c1ccc(C)c(C(=O)Nc2ccc(NC(=O)NCc3ccco3)cc2)c1. The molecule has 180 valence electrons. The van der Waals surface area contributed by atoms with Crippen LogP contribution in [0, 0.1) is 6.92 Å². The van der Waals surface area contributed by atoms with Gasteiger partial charge in [-0.2, -0.15) is 4.31 Å². The zero-order chi connectivity index (χ0) is 24.7. The number of hydrogen-bond donors (Lipinski definition) is 3. The van der Waals surface area contributed by atoms with Crippen molar-refractivity contribution in [2.75, 3.05) is 23.7 Å². The number of furan rings is 1. The molecule has 0 spiro atoms. The van der Waals surface area contributed by atoms with Crippen LogP contribution >= 0.6 is 0 Å². The summed E-state index contributed by atoms with van der Waals surface area (Å²) in [5.74, 6) is 0.212. The molecule has 0 radical (unpaired) electrons. The van der Waals surface area contributed by atoms with Gasteiger partial charge < -0.3 is 20.4 Å². The molecule has 0 aliphatic carbocycles. The molecule has 0 atom stereocenters. The Bertz CT molecular complexity index is 1230. The summed E-state index contributed by atoms with van der Waals surface area (Å²) >= 11 is 0. The maximum Gasteiger partial charge on any atom is 0.319 e. The smallest absolute Gasteiger partial charge is 0.319 e. The average molecular weight is 485 g/mol. The van der Waals surface area contributed by atoms with Crippen molar-refractivity contribution in [2.24, 2.45) is 0 Å². The molecule has 0 fully saturated rings. The van der Waals surface area contributed by atoms with Crippen LogP contribution in [-0.4, -0.2) is 37.8 Å². The number of benzene rings is 2. The Morgan fingerprint density at radius 2 is 1.59 bits per heavy atom. The first-order valence-corrected chi connectivity index (χ1v) is 12.3. The fraction of sp³-hybridized carbons (Fsp3) is 0.250. The van der Waals surface area contributed by atoms with Crippen molar-refractivity contribution in [1.29, 1.82) is 0 Å². The Balaban J connectivity index is 1.66. The summed E-state index contributed by atoms with van der Waals surface area (Å²) in [5, 5.41) is 8.14. The van der Waals surface area contributed by atoms with Crippen LogP contribution in [0.4, 0.5) is 16.2 Å².